The number of nitrogens with zero attached hydrogens (tertiary/aromatic N) is 4. The number of aromatic carboxylic acids is 1. The second-order valence-electron chi connectivity index (χ2n) is 6.51. The molecule has 30 heavy (non-hydrogen) atoms. The van der Waals surface area contributed by atoms with Gasteiger partial charge in [0.25, 0.3) is 0 Å². The van der Waals surface area contributed by atoms with Crippen LogP contribution in [-0.2, 0) is 6.54 Å². The SMILES string of the molecule is COc1ccc(/C=N\Nc2ccccc2C(=O)[O-])cc1Cn1nnc2ccccc21. The highest BCUT2D eigenvalue weighted by Crippen LogP contribution is 2.22. The maximum atomic E-state index is 11.2. The van der Waals surface area contributed by atoms with Gasteiger partial charge in [0.2, 0.25) is 0 Å². The van der Waals surface area contributed by atoms with Crippen LogP contribution >= 0.6 is 0 Å². The minimum absolute atomic E-state index is 0.0446. The van der Waals surface area contributed by atoms with Gasteiger partial charge in [-0.25, -0.2) is 4.68 Å². The zero-order valence-electron chi connectivity index (χ0n) is 16.1. The van der Waals surface area contributed by atoms with Crippen molar-refractivity contribution in [2.75, 3.05) is 12.5 Å². The molecule has 150 valence electrons. The Labute approximate surface area is 172 Å². The lowest BCUT2D eigenvalue weighted by molar-refractivity contribution is -0.254. The van der Waals surface area contributed by atoms with E-state index in [0.717, 1.165) is 27.9 Å². The Kier molecular flexibility index (Phi) is 5.38. The average molecular weight is 400 g/mol. The molecule has 0 saturated heterocycles. The minimum Gasteiger partial charge on any atom is -0.545 e. The Balaban J connectivity index is 1.57. The van der Waals surface area contributed by atoms with Crippen LogP contribution in [0.15, 0.2) is 71.8 Å². The molecule has 1 heterocycles. The number of nitrogens with one attached hydrogen (secondary N) is 1. The van der Waals surface area contributed by atoms with Crippen LogP contribution in [0.3, 0.4) is 0 Å². The van der Waals surface area contributed by atoms with E-state index in [1.165, 1.54) is 6.07 Å². The van der Waals surface area contributed by atoms with Crippen molar-refractivity contribution in [1.82, 2.24) is 15.0 Å². The number of carboxylic acids is 1. The standard InChI is InChI=1S/C22H19N5O3/c1-30-21-11-10-15(13-23-24-18-7-3-2-6-17(18)22(28)29)12-16(21)14-27-20-9-5-4-8-19(20)25-26-27/h2-13,24H,14H2,1H3,(H,28,29)/p-1/b23-13-. The van der Waals surface area contributed by atoms with Gasteiger partial charge in [0.15, 0.2) is 0 Å². The van der Waals surface area contributed by atoms with Crippen molar-refractivity contribution in [2.24, 2.45) is 5.10 Å². The first-order valence-electron chi connectivity index (χ1n) is 9.20. The van der Waals surface area contributed by atoms with Crippen LogP contribution in [0, 0.1) is 0 Å². The van der Waals surface area contributed by atoms with Crippen molar-refractivity contribution < 1.29 is 14.6 Å². The van der Waals surface area contributed by atoms with E-state index in [2.05, 4.69) is 20.8 Å². The van der Waals surface area contributed by atoms with Crippen LogP contribution in [0.2, 0.25) is 0 Å². The molecule has 0 aliphatic rings. The molecule has 0 aliphatic heterocycles. The summed E-state index contributed by atoms with van der Waals surface area (Å²) in [5.74, 6) is -0.540. The molecule has 8 nitrogen and oxygen atoms in total. The molecule has 4 aromatic rings. The highest BCUT2D eigenvalue weighted by Gasteiger charge is 2.09. The van der Waals surface area contributed by atoms with E-state index >= 15 is 0 Å². The van der Waals surface area contributed by atoms with Gasteiger partial charge in [-0.2, -0.15) is 5.10 Å². The fourth-order valence-corrected chi connectivity index (χ4v) is 3.13. The molecule has 0 unspecified atom stereocenters. The van der Waals surface area contributed by atoms with Crippen molar-refractivity contribution >= 4 is 28.9 Å². The zero-order valence-corrected chi connectivity index (χ0v) is 16.1. The lowest BCUT2D eigenvalue weighted by atomic mass is 10.1. The fourth-order valence-electron chi connectivity index (χ4n) is 3.13. The lowest BCUT2D eigenvalue weighted by Gasteiger charge is -2.10. The minimum atomic E-state index is -1.26. The molecule has 0 spiro atoms. The lowest BCUT2D eigenvalue weighted by Crippen LogP contribution is -2.23. The second kappa shape index (κ2) is 8.44. The number of rotatable bonds is 7. The molecule has 1 aromatic heterocycles. The number of hydrazone groups is 1. The van der Waals surface area contributed by atoms with Crippen LogP contribution in [0.5, 0.6) is 5.75 Å². The third-order valence-electron chi connectivity index (χ3n) is 4.59. The number of aromatic nitrogens is 3. The number of hydrogen-bond acceptors (Lipinski definition) is 7. The third-order valence-corrected chi connectivity index (χ3v) is 4.59. The Bertz CT molecular complexity index is 1230. The molecule has 1 N–H and O–H groups in total. The Hall–Kier alpha value is -4.20. The number of benzene rings is 3. The second-order valence-corrected chi connectivity index (χ2v) is 6.51. The van der Waals surface area contributed by atoms with E-state index in [-0.39, 0.29) is 5.56 Å². The van der Waals surface area contributed by atoms with Gasteiger partial charge in [-0.1, -0.05) is 35.5 Å². The number of carbonyl (C=O) groups is 1. The fraction of sp³-hybridized carbons (Fsp3) is 0.0909. The first kappa shape index (κ1) is 19.1. The Morgan fingerprint density at radius 2 is 1.97 bits per heavy atom. The van der Waals surface area contributed by atoms with Gasteiger partial charge < -0.3 is 14.6 Å². The van der Waals surface area contributed by atoms with Gasteiger partial charge in [-0.15, -0.1) is 5.10 Å². The van der Waals surface area contributed by atoms with Crippen molar-refractivity contribution in [3.8, 4) is 5.75 Å². The first-order chi connectivity index (χ1) is 14.7. The quantitative estimate of drug-likeness (QED) is 0.377. The third kappa shape index (κ3) is 3.97. The molecule has 3 aromatic carbocycles. The van der Waals surface area contributed by atoms with Crippen molar-refractivity contribution in [2.45, 2.75) is 6.54 Å². The van der Waals surface area contributed by atoms with Gasteiger partial charge >= 0.3 is 0 Å². The maximum Gasteiger partial charge on any atom is 0.123 e. The van der Waals surface area contributed by atoms with Gasteiger partial charge in [-0.3, -0.25) is 5.43 Å². The largest absolute Gasteiger partial charge is 0.545 e. The summed E-state index contributed by atoms with van der Waals surface area (Å²) in [5, 5.41) is 23.7. The topological polar surface area (TPSA) is 104 Å². The van der Waals surface area contributed by atoms with Crippen molar-refractivity contribution in [1.29, 1.82) is 0 Å². The summed E-state index contributed by atoms with van der Waals surface area (Å²) in [7, 11) is 1.62. The predicted molar refractivity (Wildman–Crippen MR) is 112 cm³/mol. The number of carboxylic acid groups (broad SMARTS) is 1. The van der Waals surface area contributed by atoms with E-state index in [0.29, 0.717) is 12.2 Å². The zero-order chi connectivity index (χ0) is 20.9. The van der Waals surface area contributed by atoms with E-state index in [9.17, 15) is 9.90 Å². The van der Waals surface area contributed by atoms with Crippen LogP contribution in [0.1, 0.15) is 21.5 Å². The maximum absolute atomic E-state index is 11.2. The van der Waals surface area contributed by atoms with E-state index in [4.69, 9.17) is 4.74 Å². The molecular formula is C22H18N5O3-. The van der Waals surface area contributed by atoms with Crippen molar-refractivity contribution in [3.05, 3.63) is 83.4 Å². The van der Waals surface area contributed by atoms with Gasteiger partial charge in [-0.05, 0) is 42.0 Å². The molecule has 4 rings (SSSR count). The molecule has 0 fully saturated rings. The summed E-state index contributed by atoms with van der Waals surface area (Å²) in [6.45, 7) is 0.478. The van der Waals surface area contributed by atoms with Gasteiger partial charge in [0.1, 0.15) is 11.3 Å². The van der Waals surface area contributed by atoms with Crippen LogP contribution < -0.4 is 15.3 Å². The van der Waals surface area contributed by atoms with E-state index < -0.39 is 5.97 Å². The van der Waals surface area contributed by atoms with Gasteiger partial charge in [0.05, 0.1) is 37.0 Å². The number of fused-ring (bicyclic) bond motifs is 1. The van der Waals surface area contributed by atoms with Crippen molar-refractivity contribution in [3.63, 3.8) is 0 Å². The summed E-state index contributed by atoms with van der Waals surface area (Å²) >= 11 is 0. The Morgan fingerprint density at radius 3 is 2.80 bits per heavy atom. The number of carbonyl (C=O) groups excluding carboxylic acids is 1. The summed E-state index contributed by atoms with van der Waals surface area (Å²) < 4.78 is 7.29. The highest BCUT2D eigenvalue weighted by molar-refractivity contribution is 5.93. The molecular weight excluding hydrogens is 382 g/mol. The normalized spacial score (nSPS) is 11.1. The van der Waals surface area contributed by atoms with Gasteiger partial charge in [0, 0.05) is 11.1 Å². The van der Waals surface area contributed by atoms with Crippen LogP contribution in [-0.4, -0.2) is 34.3 Å². The molecule has 0 aliphatic carbocycles. The summed E-state index contributed by atoms with van der Waals surface area (Å²) in [4.78, 5) is 11.2. The summed E-state index contributed by atoms with van der Waals surface area (Å²) in [5.41, 5.74) is 6.63. The monoisotopic (exact) mass is 400 g/mol. The molecule has 0 radical (unpaired) electrons. The predicted octanol–water partition coefficient (Wildman–Crippen LogP) is 2.30. The van der Waals surface area contributed by atoms with E-state index in [1.54, 1.807) is 31.5 Å². The first-order valence-corrected chi connectivity index (χ1v) is 9.20. The summed E-state index contributed by atoms with van der Waals surface area (Å²) in [6.07, 6.45) is 1.61. The van der Waals surface area contributed by atoms with Crippen LogP contribution in [0.25, 0.3) is 11.0 Å². The molecule has 0 amide bonds. The number of methoxy groups -OCH3 is 1. The number of hydrogen-bond donors (Lipinski definition) is 1. The summed E-state index contributed by atoms with van der Waals surface area (Å²) in [6, 6.07) is 19.8. The average Bonchev–Trinajstić information content (AvgIpc) is 3.17. The Morgan fingerprint density at radius 1 is 1.17 bits per heavy atom. The molecule has 0 saturated carbocycles. The van der Waals surface area contributed by atoms with E-state index in [1.807, 2.05) is 47.1 Å². The number of ether oxygens (including phenoxy) is 1. The molecule has 8 heteroatoms. The highest BCUT2D eigenvalue weighted by atomic mass is 16.5. The molecule has 0 bridgehead atoms. The van der Waals surface area contributed by atoms with Crippen LogP contribution in [0.4, 0.5) is 5.69 Å². The number of anilines is 1. The molecule has 0 atom stereocenters. The number of para-hydroxylation sites is 2. The smallest absolute Gasteiger partial charge is 0.123 e.